The molecule has 2 aromatic rings. The SMILES string of the molecule is Cc1nc(-c2ccccc2)ccc1C(=O)NC1(C(=O)O)CCOC1. The Morgan fingerprint density at radius 3 is 2.54 bits per heavy atom. The summed E-state index contributed by atoms with van der Waals surface area (Å²) in [5, 5.41) is 12.0. The molecule has 1 amide bonds. The third-order valence-corrected chi connectivity index (χ3v) is 4.18. The van der Waals surface area contributed by atoms with Gasteiger partial charge in [-0.2, -0.15) is 0 Å². The van der Waals surface area contributed by atoms with Gasteiger partial charge in [-0.05, 0) is 19.1 Å². The normalized spacial score (nSPS) is 19.9. The fourth-order valence-corrected chi connectivity index (χ4v) is 2.74. The maximum atomic E-state index is 12.5. The van der Waals surface area contributed by atoms with E-state index in [-0.39, 0.29) is 13.0 Å². The third-order valence-electron chi connectivity index (χ3n) is 4.18. The Morgan fingerprint density at radius 2 is 1.96 bits per heavy atom. The number of aliphatic carboxylic acids is 1. The lowest BCUT2D eigenvalue weighted by atomic mass is 9.98. The first-order chi connectivity index (χ1) is 11.5. The van der Waals surface area contributed by atoms with Crippen LogP contribution in [0.5, 0.6) is 0 Å². The van der Waals surface area contributed by atoms with Crippen molar-refractivity contribution in [1.29, 1.82) is 0 Å². The number of pyridine rings is 1. The number of nitrogens with one attached hydrogen (secondary N) is 1. The predicted molar refractivity (Wildman–Crippen MR) is 87.7 cm³/mol. The van der Waals surface area contributed by atoms with Crippen molar-refractivity contribution in [3.63, 3.8) is 0 Å². The van der Waals surface area contributed by atoms with Crippen LogP contribution < -0.4 is 5.32 Å². The number of amides is 1. The predicted octanol–water partition coefficient (Wildman–Crippen LogP) is 2.03. The zero-order chi connectivity index (χ0) is 17.2. The van der Waals surface area contributed by atoms with Gasteiger partial charge in [-0.1, -0.05) is 30.3 Å². The highest BCUT2D eigenvalue weighted by atomic mass is 16.5. The Hall–Kier alpha value is -2.73. The fourth-order valence-electron chi connectivity index (χ4n) is 2.74. The lowest BCUT2D eigenvalue weighted by Gasteiger charge is -2.24. The second-order valence-electron chi connectivity index (χ2n) is 5.84. The van der Waals surface area contributed by atoms with Crippen LogP contribution in [0.25, 0.3) is 11.3 Å². The van der Waals surface area contributed by atoms with Crippen LogP contribution in [-0.2, 0) is 9.53 Å². The highest BCUT2D eigenvalue weighted by molar-refractivity contribution is 5.99. The highest BCUT2D eigenvalue weighted by Crippen LogP contribution is 2.22. The second-order valence-corrected chi connectivity index (χ2v) is 5.84. The van der Waals surface area contributed by atoms with Gasteiger partial charge in [0.2, 0.25) is 0 Å². The van der Waals surface area contributed by atoms with E-state index in [4.69, 9.17) is 4.74 Å². The first-order valence-corrected chi connectivity index (χ1v) is 7.68. The Labute approximate surface area is 139 Å². The van der Waals surface area contributed by atoms with Gasteiger partial charge in [0.1, 0.15) is 0 Å². The molecule has 1 unspecified atom stereocenters. The second kappa shape index (κ2) is 6.41. The minimum atomic E-state index is -1.36. The van der Waals surface area contributed by atoms with Crippen LogP contribution >= 0.6 is 0 Å². The molecule has 0 spiro atoms. The number of benzene rings is 1. The van der Waals surface area contributed by atoms with E-state index in [0.717, 1.165) is 11.3 Å². The fraction of sp³-hybridized carbons (Fsp3) is 0.278. The summed E-state index contributed by atoms with van der Waals surface area (Å²) in [6.07, 6.45) is 0.253. The molecule has 1 aliphatic rings. The summed E-state index contributed by atoms with van der Waals surface area (Å²) in [6.45, 7) is 2.03. The van der Waals surface area contributed by atoms with Gasteiger partial charge in [-0.15, -0.1) is 0 Å². The van der Waals surface area contributed by atoms with Crippen molar-refractivity contribution >= 4 is 11.9 Å². The van der Waals surface area contributed by atoms with Crippen LogP contribution in [-0.4, -0.2) is 40.7 Å². The van der Waals surface area contributed by atoms with Crippen LogP contribution in [0.2, 0.25) is 0 Å². The summed E-state index contributed by atoms with van der Waals surface area (Å²) in [7, 11) is 0. The van der Waals surface area contributed by atoms with Gasteiger partial charge in [0, 0.05) is 18.6 Å². The quantitative estimate of drug-likeness (QED) is 0.897. The number of carboxylic acids is 1. The molecule has 1 atom stereocenters. The smallest absolute Gasteiger partial charge is 0.331 e. The molecule has 0 bridgehead atoms. The maximum absolute atomic E-state index is 12.5. The number of carbonyl (C=O) groups excluding carboxylic acids is 1. The molecule has 0 aliphatic carbocycles. The zero-order valence-corrected chi connectivity index (χ0v) is 13.3. The van der Waals surface area contributed by atoms with Crippen molar-refractivity contribution in [3.8, 4) is 11.3 Å². The van der Waals surface area contributed by atoms with E-state index in [1.807, 2.05) is 30.3 Å². The summed E-state index contributed by atoms with van der Waals surface area (Å²) in [4.78, 5) is 28.5. The van der Waals surface area contributed by atoms with E-state index in [1.165, 1.54) is 0 Å². The Balaban J connectivity index is 1.84. The average molecular weight is 326 g/mol. The van der Waals surface area contributed by atoms with Gasteiger partial charge in [-0.25, -0.2) is 4.79 Å². The molecule has 2 heterocycles. The summed E-state index contributed by atoms with van der Waals surface area (Å²) < 4.78 is 5.15. The monoisotopic (exact) mass is 326 g/mol. The molecule has 1 aliphatic heterocycles. The molecule has 2 N–H and O–H groups in total. The zero-order valence-electron chi connectivity index (χ0n) is 13.3. The van der Waals surface area contributed by atoms with Crippen LogP contribution in [0.15, 0.2) is 42.5 Å². The Kier molecular flexibility index (Phi) is 4.31. The van der Waals surface area contributed by atoms with Crippen molar-refractivity contribution in [3.05, 3.63) is 53.7 Å². The van der Waals surface area contributed by atoms with Crippen molar-refractivity contribution in [1.82, 2.24) is 10.3 Å². The third kappa shape index (κ3) is 3.00. The molecule has 6 nitrogen and oxygen atoms in total. The molecule has 24 heavy (non-hydrogen) atoms. The van der Waals surface area contributed by atoms with E-state index in [0.29, 0.717) is 17.9 Å². The van der Waals surface area contributed by atoms with E-state index in [9.17, 15) is 14.7 Å². The maximum Gasteiger partial charge on any atom is 0.331 e. The van der Waals surface area contributed by atoms with Crippen molar-refractivity contribution in [2.75, 3.05) is 13.2 Å². The van der Waals surface area contributed by atoms with Gasteiger partial charge < -0.3 is 15.2 Å². The molecule has 1 aromatic heterocycles. The van der Waals surface area contributed by atoms with Crippen LogP contribution in [0.4, 0.5) is 0 Å². The molecule has 1 aromatic carbocycles. The molecule has 3 rings (SSSR count). The van der Waals surface area contributed by atoms with Gasteiger partial charge in [0.05, 0.1) is 23.6 Å². The van der Waals surface area contributed by atoms with Gasteiger partial charge in [0.15, 0.2) is 5.54 Å². The summed E-state index contributed by atoms with van der Waals surface area (Å²) in [6, 6.07) is 13.1. The minimum Gasteiger partial charge on any atom is -0.479 e. The average Bonchev–Trinajstić information content (AvgIpc) is 3.05. The van der Waals surface area contributed by atoms with Crippen molar-refractivity contribution in [2.45, 2.75) is 18.9 Å². The summed E-state index contributed by atoms with van der Waals surface area (Å²) in [5.41, 5.74) is 1.28. The standard InChI is InChI=1S/C18H18N2O4/c1-12-14(7-8-15(19-12)13-5-3-2-4-6-13)16(21)20-18(17(22)23)9-10-24-11-18/h2-8H,9-11H2,1H3,(H,20,21)(H,22,23). The molecule has 0 radical (unpaired) electrons. The van der Waals surface area contributed by atoms with Crippen molar-refractivity contribution in [2.24, 2.45) is 0 Å². The molecule has 0 saturated carbocycles. The van der Waals surface area contributed by atoms with Gasteiger partial charge in [0.25, 0.3) is 5.91 Å². The molecule has 6 heteroatoms. The number of hydrogen-bond donors (Lipinski definition) is 2. The lowest BCUT2D eigenvalue weighted by Crippen LogP contribution is -2.55. The Morgan fingerprint density at radius 1 is 1.21 bits per heavy atom. The summed E-state index contributed by atoms with van der Waals surface area (Å²) >= 11 is 0. The van der Waals surface area contributed by atoms with Gasteiger partial charge in [-0.3, -0.25) is 9.78 Å². The number of ether oxygens (including phenoxy) is 1. The largest absolute Gasteiger partial charge is 0.479 e. The van der Waals surface area contributed by atoms with Gasteiger partial charge >= 0.3 is 5.97 Å². The van der Waals surface area contributed by atoms with E-state index >= 15 is 0 Å². The van der Waals surface area contributed by atoms with Crippen LogP contribution in [0, 0.1) is 6.92 Å². The number of carbonyl (C=O) groups is 2. The van der Waals surface area contributed by atoms with E-state index in [2.05, 4.69) is 10.3 Å². The molecular formula is C18H18N2O4. The number of carboxylic acid groups (broad SMARTS) is 1. The van der Waals surface area contributed by atoms with E-state index in [1.54, 1.807) is 19.1 Å². The number of aryl methyl sites for hydroxylation is 1. The molecule has 1 saturated heterocycles. The Bertz CT molecular complexity index is 768. The highest BCUT2D eigenvalue weighted by Gasteiger charge is 2.44. The van der Waals surface area contributed by atoms with Crippen LogP contribution in [0.1, 0.15) is 22.5 Å². The molecular weight excluding hydrogens is 308 g/mol. The molecule has 1 fully saturated rings. The number of nitrogens with zero attached hydrogens (tertiary/aromatic N) is 1. The van der Waals surface area contributed by atoms with E-state index < -0.39 is 17.4 Å². The lowest BCUT2D eigenvalue weighted by molar-refractivity contribution is -0.144. The van der Waals surface area contributed by atoms with Crippen molar-refractivity contribution < 1.29 is 19.4 Å². The number of aromatic nitrogens is 1. The minimum absolute atomic E-state index is 0.0252. The first-order valence-electron chi connectivity index (χ1n) is 7.68. The number of hydrogen-bond acceptors (Lipinski definition) is 4. The molecule has 124 valence electrons. The summed E-state index contributed by atoms with van der Waals surface area (Å²) in [5.74, 6) is -1.53. The number of rotatable bonds is 4. The topological polar surface area (TPSA) is 88.5 Å². The first kappa shape index (κ1) is 16.1. The van der Waals surface area contributed by atoms with Crippen LogP contribution in [0.3, 0.4) is 0 Å².